The van der Waals surface area contributed by atoms with E-state index in [1.165, 1.54) is 16.7 Å². The Labute approximate surface area is 134 Å². The molecule has 0 amide bonds. The number of fused-ring (bicyclic) bond motifs is 1. The van der Waals surface area contributed by atoms with Crippen LogP contribution >= 0.6 is 0 Å². The quantitative estimate of drug-likeness (QED) is 0.934. The van der Waals surface area contributed by atoms with Crippen molar-refractivity contribution in [2.75, 3.05) is 13.1 Å². The van der Waals surface area contributed by atoms with Crippen LogP contribution in [0.25, 0.3) is 0 Å². The number of nitrogens with zero attached hydrogens (tertiary/aromatic N) is 1. The molecule has 2 N–H and O–H groups in total. The Kier molecular flexibility index (Phi) is 4.32. The van der Waals surface area contributed by atoms with Crippen LogP contribution in [0.3, 0.4) is 0 Å². The molecule has 2 aromatic carbocycles. The van der Waals surface area contributed by atoms with Crippen LogP contribution in [0.4, 0.5) is 0 Å². The summed E-state index contributed by atoms with van der Waals surface area (Å²) >= 11 is 0. The first kappa shape index (κ1) is 15.3. The Bertz CT molecular complexity index is 621. The van der Waals surface area contributed by atoms with Crippen molar-refractivity contribution in [1.82, 2.24) is 4.90 Å². The highest BCUT2D eigenvalue weighted by Crippen LogP contribution is 2.30. The first-order valence-corrected chi connectivity index (χ1v) is 8.23. The van der Waals surface area contributed by atoms with E-state index >= 15 is 0 Å². The van der Waals surface area contributed by atoms with Gasteiger partial charge in [-0.25, -0.2) is 0 Å². The molecule has 2 nitrogen and oxygen atoms in total. The lowest BCUT2D eigenvalue weighted by atomic mass is 9.80. The maximum absolute atomic E-state index is 6.87. The van der Waals surface area contributed by atoms with Crippen LogP contribution in [0.15, 0.2) is 54.6 Å². The molecule has 0 saturated heterocycles. The minimum absolute atomic E-state index is 0.298. The standard InChI is InChI=1S/C20H26N2/c1-16(2)20(21,19-10-4-3-5-11-19)15-22-13-12-17-8-6-7-9-18(17)14-22/h3-11,16H,12-15,21H2,1-2H3. The summed E-state index contributed by atoms with van der Waals surface area (Å²) in [6.07, 6.45) is 1.12. The van der Waals surface area contributed by atoms with Crippen molar-refractivity contribution < 1.29 is 0 Å². The molecule has 1 heterocycles. The average Bonchev–Trinajstić information content (AvgIpc) is 2.55. The van der Waals surface area contributed by atoms with E-state index in [9.17, 15) is 0 Å². The fourth-order valence-electron chi connectivity index (χ4n) is 3.41. The third kappa shape index (κ3) is 2.94. The molecular weight excluding hydrogens is 268 g/mol. The van der Waals surface area contributed by atoms with Crippen LogP contribution in [-0.2, 0) is 18.5 Å². The Hall–Kier alpha value is -1.64. The summed E-state index contributed by atoms with van der Waals surface area (Å²) in [7, 11) is 0. The minimum Gasteiger partial charge on any atom is -0.320 e. The first-order chi connectivity index (χ1) is 10.6. The molecule has 1 aliphatic rings. The maximum Gasteiger partial charge on any atom is 0.0561 e. The van der Waals surface area contributed by atoms with Gasteiger partial charge in [0.25, 0.3) is 0 Å². The number of hydrogen-bond acceptors (Lipinski definition) is 2. The number of rotatable bonds is 4. The summed E-state index contributed by atoms with van der Waals surface area (Å²) in [4.78, 5) is 2.51. The fourth-order valence-corrected chi connectivity index (χ4v) is 3.41. The predicted molar refractivity (Wildman–Crippen MR) is 92.6 cm³/mol. The third-order valence-electron chi connectivity index (χ3n) is 5.04. The van der Waals surface area contributed by atoms with Crippen LogP contribution < -0.4 is 5.73 Å². The molecule has 0 radical (unpaired) electrons. The highest BCUT2D eigenvalue weighted by atomic mass is 15.2. The van der Waals surface area contributed by atoms with Gasteiger partial charge in [-0.1, -0.05) is 68.4 Å². The lowest BCUT2D eigenvalue weighted by Gasteiger charge is -2.40. The Balaban J connectivity index is 1.81. The van der Waals surface area contributed by atoms with E-state index in [0.29, 0.717) is 5.92 Å². The van der Waals surface area contributed by atoms with Gasteiger partial charge in [0, 0.05) is 19.6 Å². The average molecular weight is 294 g/mol. The summed E-state index contributed by atoms with van der Waals surface area (Å²) in [6.45, 7) is 7.46. The fraction of sp³-hybridized carbons (Fsp3) is 0.400. The van der Waals surface area contributed by atoms with Crippen molar-refractivity contribution in [3.8, 4) is 0 Å². The van der Waals surface area contributed by atoms with E-state index in [-0.39, 0.29) is 5.54 Å². The van der Waals surface area contributed by atoms with Gasteiger partial charge in [-0.15, -0.1) is 0 Å². The van der Waals surface area contributed by atoms with Gasteiger partial charge in [0.2, 0.25) is 0 Å². The molecule has 0 aromatic heterocycles. The number of benzene rings is 2. The molecule has 0 saturated carbocycles. The van der Waals surface area contributed by atoms with Crippen molar-refractivity contribution in [2.24, 2.45) is 11.7 Å². The van der Waals surface area contributed by atoms with Crippen LogP contribution in [0.1, 0.15) is 30.5 Å². The van der Waals surface area contributed by atoms with Crippen molar-refractivity contribution in [3.63, 3.8) is 0 Å². The highest BCUT2D eigenvalue weighted by Gasteiger charge is 2.34. The molecule has 1 atom stereocenters. The lowest BCUT2D eigenvalue weighted by molar-refractivity contribution is 0.159. The second kappa shape index (κ2) is 6.23. The second-order valence-corrected chi connectivity index (χ2v) is 6.79. The molecular formula is C20H26N2. The van der Waals surface area contributed by atoms with E-state index in [2.05, 4.69) is 73.3 Å². The molecule has 0 fully saturated rings. The summed E-state index contributed by atoms with van der Waals surface area (Å²) in [5, 5.41) is 0. The van der Waals surface area contributed by atoms with Crippen LogP contribution in [0.5, 0.6) is 0 Å². The minimum atomic E-state index is -0.298. The molecule has 1 aliphatic heterocycles. The van der Waals surface area contributed by atoms with Gasteiger partial charge < -0.3 is 5.73 Å². The molecule has 2 heteroatoms. The van der Waals surface area contributed by atoms with E-state index in [1.54, 1.807) is 0 Å². The van der Waals surface area contributed by atoms with Crippen molar-refractivity contribution in [2.45, 2.75) is 32.4 Å². The van der Waals surface area contributed by atoms with Gasteiger partial charge in [-0.05, 0) is 29.0 Å². The zero-order chi connectivity index (χ0) is 15.6. The van der Waals surface area contributed by atoms with E-state index in [0.717, 1.165) is 26.1 Å². The Morgan fingerprint density at radius 3 is 2.32 bits per heavy atom. The Morgan fingerprint density at radius 1 is 1.00 bits per heavy atom. The van der Waals surface area contributed by atoms with Gasteiger partial charge in [0.15, 0.2) is 0 Å². The van der Waals surface area contributed by atoms with Gasteiger partial charge in [-0.2, -0.15) is 0 Å². The summed E-state index contributed by atoms with van der Waals surface area (Å²) in [5.74, 6) is 0.395. The molecule has 0 bridgehead atoms. The predicted octanol–water partition coefficient (Wildman–Crippen LogP) is 3.55. The number of nitrogens with two attached hydrogens (primary N) is 1. The topological polar surface area (TPSA) is 29.3 Å². The van der Waals surface area contributed by atoms with E-state index in [1.807, 2.05) is 0 Å². The summed E-state index contributed by atoms with van der Waals surface area (Å²) < 4.78 is 0. The largest absolute Gasteiger partial charge is 0.320 e. The first-order valence-electron chi connectivity index (χ1n) is 8.23. The number of hydrogen-bond donors (Lipinski definition) is 1. The molecule has 0 aliphatic carbocycles. The molecule has 0 spiro atoms. The van der Waals surface area contributed by atoms with Crippen molar-refractivity contribution >= 4 is 0 Å². The molecule has 22 heavy (non-hydrogen) atoms. The Morgan fingerprint density at radius 2 is 1.64 bits per heavy atom. The van der Waals surface area contributed by atoms with Gasteiger partial charge in [0.05, 0.1) is 5.54 Å². The van der Waals surface area contributed by atoms with Crippen molar-refractivity contribution in [1.29, 1.82) is 0 Å². The van der Waals surface area contributed by atoms with Gasteiger partial charge in [-0.3, -0.25) is 4.90 Å². The van der Waals surface area contributed by atoms with Gasteiger partial charge >= 0.3 is 0 Å². The lowest BCUT2D eigenvalue weighted by Crippen LogP contribution is -2.52. The van der Waals surface area contributed by atoms with Crippen molar-refractivity contribution in [3.05, 3.63) is 71.3 Å². The maximum atomic E-state index is 6.87. The van der Waals surface area contributed by atoms with Crippen LogP contribution in [0.2, 0.25) is 0 Å². The normalized spacial score (nSPS) is 18.0. The molecule has 116 valence electrons. The van der Waals surface area contributed by atoms with Gasteiger partial charge in [0.1, 0.15) is 0 Å². The third-order valence-corrected chi connectivity index (χ3v) is 5.04. The second-order valence-electron chi connectivity index (χ2n) is 6.79. The SMILES string of the molecule is CC(C)C(N)(CN1CCc2ccccc2C1)c1ccccc1. The van der Waals surface area contributed by atoms with Crippen LogP contribution in [0, 0.1) is 5.92 Å². The van der Waals surface area contributed by atoms with E-state index < -0.39 is 0 Å². The highest BCUT2D eigenvalue weighted by molar-refractivity contribution is 5.30. The monoisotopic (exact) mass is 294 g/mol. The summed E-state index contributed by atoms with van der Waals surface area (Å²) in [6, 6.07) is 19.3. The zero-order valence-electron chi connectivity index (χ0n) is 13.6. The van der Waals surface area contributed by atoms with E-state index in [4.69, 9.17) is 5.73 Å². The zero-order valence-corrected chi connectivity index (χ0v) is 13.6. The summed E-state index contributed by atoms with van der Waals surface area (Å²) in [5.41, 5.74) is 10.8. The van der Waals surface area contributed by atoms with Crippen LogP contribution in [-0.4, -0.2) is 18.0 Å². The smallest absolute Gasteiger partial charge is 0.0561 e. The molecule has 3 rings (SSSR count). The molecule has 1 unspecified atom stereocenters. The molecule has 2 aromatic rings.